The third-order valence-corrected chi connectivity index (χ3v) is 10.3. The number of anilines is 2. The molecule has 0 unspecified atom stereocenters. The maximum absolute atomic E-state index is 13.5. The summed E-state index contributed by atoms with van der Waals surface area (Å²) in [6.45, 7) is 0.882. The average Bonchev–Trinajstić information content (AvgIpc) is 3.45. The zero-order valence-corrected chi connectivity index (χ0v) is 27.1. The van der Waals surface area contributed by atoms with Crippen LogP contribution in [0.15, 0.2) is 79.4 Å². The Balaban J connectivity index is 1.17. The molecule has 10 nitrogen and oxygen atoms in total. The number of rotatable bonds is 12. The van der Waals surface area contributed by atoms with E-state index in [-0.39, 0.29) is 49.9 Å². The Kier molecular flexibility index (Phi) is 9.76. The van der Waals surface area contributed by atoms with Crippen LogP contribution in [-0.4, -0.2) is 63.4 Å². The molecular weight excluding hydrogens is 645 g/mol. The molecule has 3 heterocycles. The number of benzene rings is 3. The number of ether oxygens (including phenoxy) is 1. The van der Waals surface area contributed by atoms with Crippen LogP contribution in [0.2, 0.25) is 5.02 Å². The van der Waals surface area contributed by atoms with E-state index in [0.29, 0.717) is 40.8 Å². The first-order valence-corrected chi connectivity index (χ1v) is 17.4. The second-order valence-electron chi connectivity index (χ2n) is 11.8. The van der Waals surface area contributed by atoms with Gasteiger partial charge < -0.3 is 30.2 Å². The van der Waals surface area contributed by atoms with Crippen molar-refractivity contribution in [1.82, 2.24) is 19.9 Å². The second-order valence-corrected chi connectivity index (χ2v) is 14.5. The Bertz CT molecular complexity index is 1990. The molecule has 0 radical (unpaired) electrons. The quantitative estimate of drug-likeness (QED) is 0.142. The van der Waals surface area contributed by atoms with E-state index in [1.165, 1.54) is 18.5 Å². The average molecular weight is 680 g/mol. The molecule has 4 N–H and O–H groups in total. The smallest absolute Gasteiger partial charge is 0.150 e. The van der Waals surface area contributed by atoms with Crippen LogP contribution in [0, 0.1) is 5.82 Å². The normalized spacial score (nSPS) is 15.5. The van der Waals surface area contributed by atoms with Crippen molar-refractivity contribution in [1.29, 1.82) is 0 Å². The van der Waals surface area contributed by atoms with Gasteiger partial charge in [-0.15, -0.1) is 0 Å². The van der Waals surface area contributed by atoms with E-state index in [0.717, 1.165) is 27.7 Å². The molecule has 1 aliphatic heterocycles. The number of aliphatic hydroxyl groups is 2. The molecule has 5 aromatic rings. The number of hydrogen-bond donors (Lipinski definition) is 4. The molecule has 0 atom stereocenters. The maximum Gasteiger partial charge on any atom is 0.150 e. The van der Waals surface area contributed by atoms with Crippen molar-refractivity contribution in [2.75, 3.05) is 30.0 Å². The van der Waals surface area contributed by atoms with Gasteiger partial charge in [0.25, 0.3) is 0 Å². The van der Waals surface area contributed by atoms with Crippen LogP contribution < -0.4 is 15.4 Å². The number of hydrogen-bond acceptors (Lipinski definition) is 9. The number of halogens is 2. The molecule has 0 spiro atoms. The van der Waals surface area contributed by atoms with Crippen molar-refractivity contribution >= 4 is 43.8 Å². The highest BCUT2D eigenvalue weighted by molar-refractivity contribution is 7.91. The van der Waals surface area contributed by atoms with Gasteiger partial charge in [-0.2, -0.15) is 0 Å². The minimum Gasteiger partial charge on any atom is -0.487 e. The lowest BCUT2D eigenvalue weighted by molar-refractivity contribution is 0.0303. The molecule has 0 aliphatic carbocycles. The number of nitrogens with one attached hydrogen (secondary N) is 2. The molecule has 1 fully saturated rings. The molecule has 47 heavy (non-hydrogen) atoms. The van der Waals surface area contributed by atoms with E-state index < -0.39 is 15.4 Å². The van der Waals surface area contributed by atoms with Crippen molar-refractivity contribution in [3.63, 3.8) is 0 Å². The van der Waals surface area contributed by atoms with Crippen LogP contribution in [0.25, 0.3) is 16.6 Å². The predicted octanol–water partition coefficient (Wildman–Crippen LogP) is 5.10. The van der Waals surface area contributed by atoms with E-state index in [1.807, 2.05) is 41.2 Å². The molecule has 0 saturated carbocycles. The van der Waals surface area contributed by atoms with Crippen molar-refractivity contribution < 1.29 is 27.8 Å². The maximum atomic E-state index is 13.5. The summed E-state index contributed by atoms with van der Waals surface area (Å²) in [5, 5.41) is 28.3. The van der Waals surface area contributed by atoms with Crippen molar-refractivity contribution in [2.24, 2.45) is 0 Å². The standard InChI is InChI=1S/C34H35ClFN5O5S/c35-30-15-27(4-7-32(30)46-20-23-2-1-3-26(36)14-23)40-33-29-16-28(5-6-31(29)38-22-39-33)41-18-24(8-11-42)25(19-41)17-37-21-34(43)9-12-47(44,45)13-10-34/h1-7,14-16,18-19,22,37,42-43H,8-13,17,20-21H2,(H,38,39,40). The fourth-order valence-corrected chi connectivity index (χ4v) is 7.46. The predicted molar refractivity (Wildman–Crippen MR) is 180 cm³/mol. The summed E-state index contributed by atoms with van der Waals surface area (Å²) in [4.78, 5) is 8.90. The number of aliphatic hydroxyl groups excluding tert-OH is 1. The van der Waals surface area contributed by atoms with Crippen LogP contribution in [-0.2, 0) is 29.4 Å². The van der Waals surface area contributed by atoms with Crippen LogP contribution in [0.5, 0.6) is 5.75 Å². The van der Waals surface area contributed by atoms with Gasteiger partial charge >= 0.3 is 0 Å². The fourth-order valence-electron chi connectivity index (χ4n) is 5.64. The molecule has 0 bridgehead atoms. The summed E-state index contributed by atoms with van der Waals surface area (Å²) in [5.74, 6) is 0.697. The van der Waals surface area contributed by atoms with Gasteiger partial charge in [0.05, 0.1) is 27.6 Å². The number of sulfone groups is 1. The highest BCUT2D eigenvalue weighted by Crippen LogP contribution is 2.32. The minimum atomic E-state index is -3.08. The Labute approximate surface area is 277 Å². The number of nitrogens with zero attached hydrogens (tertiary/aromatic N) is 3. The molecule has 6 rings (SSSR count). The SMILES string of the molecule is O=S1(=O)CCC(O)(CNCc2cn(-c3ccc4ncnc(Nc5ccc(OCc6cccc(F)c6)c(Cl)c5)c4c3)cc2CCO)CC1. The van der Waals surface area contributed by atoms with Crippen LogP contribution >= 0.6 is 11.6 Å². The molecule has 0 amide bonds. The first kappa shape index (κ1) is 32.9. The number of fused-ring (bicyclic) bond motifs is 1. The van der Waals surface area contributed by atoms with E-state index >= 15 is 0 Å². The van der Waals surface area contributed by atoms with E-state index in [1.54, 1.807) is 24.3 Å². The van der Waals surface area contributed by atoms with Crippen LogP contribution in [0.1, 0.15) is 29.5 Å². The molecule has 3 aromatic carbocycles. The van der Waals surface area contributed by atoms with Gasteiger partial charge in [-0.25, -0.2) is 22.8 Å². The fraction of sp³-hybridized carbons (Fsp3) is 0.294. The Morgan fingerprint density at radius 1 is 1.02 bits per heavy atom. The molecular formula is C34H35ClFN5O5S. The van der Waals surface area contributed by atoms with Gasteiger partial charge in [0.1, 0.15) is 30.3 Å². The summed E-state index contributed by atoms with van der Waals surface area (Å²) in [7, 11) is -3.08. The molecule has 1 aliphatic rings. The Morgan fingerprint density at radius 3 is 2.60 bits per heavy atom. The van der Waals surface area contributed by atoms with Crippen molar-refractivity contribution in [2.45, 2.75) is 38.0 Å². The van der Waals surface area contributed by atoms with Gasteiger partial charge in [-0.3, -0.25) is 0 Å². The van der Waals surface area contributed by atoms with E-state index in [4.69, 9.17) is 16.3 Å². The minimum absolute atomic E-state index is 0.00930. The second kappa shape index (κ2) is 14.0. The third kappa shape index (κ3) is 8.09. The van der Waals surface area contributed by atoms with Gasteiger partial charge in [0, 0.05) is 48.9 Å². The van der Waals surface area contributed by atoms with Gasteiger partial charge in [0.15, 0.2) is 9.84 Å². The topological polar surface area (TPSA) is 139 Å². The van der Waals surface area contributed by atoms with Crippen LogP contribution in [0.3, 0.4) is 0 Å². The summed E-state index contributed by atoms with van der Waals surface area (Å²) < 4.78 is 44.9. The van der Waals surface area contributed by atoms with Gasteiger partial charge in [-0.05, 0) is 84.5 Å². The van der Waals surface area contributed by atoms with E-state index in [9.17, 15) is 23.0 Å². The van der Waals surface area contributed by atoms with Gasteiger partial charge in [-0.1, -0.05) is 23.7 Å². The number of aromatic nitrogens is 3. The molecule has 246 valence electrons. The van der Waals surface area contributed by atoms with E-state index in [2.05, 4.69) is 20.6 Å². The zero-order chi connectivity index (χ0) is 33.0. The third-order valence-electron chi connectivity index (χ3n) is 8.30. The van der Waals surface area contributed by atoms with Crippen molar-refractivity contribution in [3.05, 3.63) is 107 Å². The first-order chi connectivity index (χ1) is 22.6. The lowest BCUT2D eigenvalue weighted by atomic mass is 9.97. The molecule has 1 saturated heterocycles. The molecule has 13 heteroatoms. The summed E-state index contributed by atoms with van der Waals surface area (Å²) in [6, 6.07) is 17.3. The summed E-state index contributed by atoms with van der Waals surface area (Å²) >= 11 is 6.52. The van der Waals surface area contributed by atoms with Crippen LogP contribution in [0.4, 0.5) is 15.9 Å². The van der Waals surface area contributed by atoms with Crippen molar-refractivity contribution in [3.8, 4) is 11.4 Å². The zero-order valence-electron chi connectivity index (χ0n) is 25.5. The van der Waals surface area contributed by atoms with Gasteiger partial charge in [0.2, 0.25) is 0 Å². The highest BCUT2D eigenvalue weighted by atomic mass is 35.5. The first-order valence-electron chi connectivity index (χ1n) is 15.2. The monoisotopic (exact) mass is 679 g/mol. The lowest BCUT2D eigenvalue weighted by Crippen LogP contribution is -2.46. The Hall–Kier alpha value is -4.07. The summed E-state index contributed by atoms with van der Waals surface area (Å²) in [6.07, 6.45) is 6.31. The lowest BCUT2D eigenvalue weighted by Gasteiger charge is -2.32. The molecule has 2 aromatic heterocycles. The summed E-state index contributed by atoms with van der Waals surface area (Å²) in [5.41, 5.74) is 3.83. The largest absolute Gasteiger partial charge is 0.487 e. The highest BCUT2D eigenvalue weighted by Gasteiger charge is 2.35. The Morgan fingerprint density at radius 2 is 1.83 bits per heavy atom.